The summed E-state index contributed by atoms with van der Waals surface area (Å²) in [6.07, 6.45) is -4.53. The van der Waals surface area contributed by atoms with Crippen LogP contribution in [0.25, 0.3) is 0 Å². The molecule has 0 aliphatic rings. The monoisotopic (exact) mass is 296 g/mol. The molecule has 0 spiro atoms. The van der Waals surface area contributed by atoms with Crippen LogP contribution in [-0.2, 0) is 6.18 Å². The third kappa shape index (κ3) is 3.25. The SMILES string of the molecule is CCN(CCO)c1cc(Cl)c(N)c(C)c1C(F)(F)F. The van der Waals surface area contributed by atoms with E-state index in [0.29, 0.717) is 6.54 Å². The van der Waals surface area contributed by atoms with Crippen molar-refractivity contribution in [3.63, 3.8) is 0 Å². The summed E-state index contributed by atoms with van der Waals surface area (Å²) in [4.78, 5) is 1.42. The van der Waals surface area contributed by atoms with Gasteiger partial charge in [0.2, 0.25) is 0 Å². The second kappa shape index (κ2) is 5.88. The van der Waals surface area contributed by atoms with Gasteiger partial charge in [-0.3, -0.25) is 0 Å². The lowest BCUT2D eigenvalue weighted by Gasteiger charge is -2.28. The summed E-state index contributed by atoms with van der Waals surface area (Å²) in [5.41, 5.74) is 4.55. The molecule has 0 aromatic heterocycles. The fourth-order valence-electron chi connectivity index (χ4n) is 1.95. The maximum Gasteiger partial charge on any atom is 0.418 e. The van der Waals surface area contributed by atoms with Gasteiger partial charge in [0.15, 0.2) is 0 Å². The smallest absolute Gasteiger partial charge is 0.397 e. The first-order valence-electron chi connectivity index (χ1n) is 5.75. The molecule has 7 heteroatoms. The molecule has 1 rings (SSSR count). The number of aliphatic hydroxyl groups is 1. The summed E-state index contributed by atoms with van der Waals surface area (Å²) < 4.78 is 39.5. The fourth-order valence-corrected chi connectivity index (χ4v) is 2.20. The number of hydrogen-bond donors (Lipinski definition) is 2. The van der Waals surface area contributed by atoms with Crippen molar-refractivity contribution in [2.75, 3.05) is 30.3 Å². The van der Waals surface area contributed by atoms with E-state index in [2.05, 4.69) is 0 Å². The van der Waals surface area contributed by atoms with Crippen molar-refractivity contribution in [3.05, 3.63) is 22.2 Å². The molecule has 0 heterocycles. The summed E-state index contributed by atoms with van der Waals surface area (Å²) in [6.45, 7) is 3.17. The molecule has 0 radical (unpaired) electrons. The minimum Gasteiger partial charge on any atom is -0.397 e. The van der Waals surface area contributed by atoms with Gasteiger partial charge in [-0.2, -0.15) is 13.2 Å². The van der Waals surface area contributed by atoms with Crippen molar-refractivity contribution in [2.45, 2.75) is 20.0 Å². The molecule has 0 atom stereocenters. The number of nitrogens with zero attached hydrogens (tertiary/aromatic N) is 1. The van der Waals surface area contributed by atoms with Crippen LogP contribution < -0.4 is 10.6 Å². The second-order valence-corrected chi connectivity index (χ2v) is 4.50. The molecule has 0 fully saturated rings. The van der Waals surface area contributed by atoms with Gasteiger partial charge >= 0.3 is 6.18 Å². The van der Waals surface area contributed by atoms with Gasteiger partial charge in [-0.1, -0.05) is 11.6 Å². The van der Waals surface area contributed by atoms with E-state index in [9.17, 15) is 13.2 Å². The number of halogens is 4. The molecular formula is C12H16ClF3N2O. The summed E-state index contributed by atoms with van der Waals surface area (Å²) in [6, 6.07) is 1.20. The molecule has 3 nitrogen and oxygen atoms in total. The predicted molar refractivity (Wildman–Crippen MR) is 70.6 cm³/mol. The predicted octanol–water partition coefficient (Wildman–Crippen LogP) is 3.07. The Kier molecular flexibility index (Phi) is 4.92. The number of nitrogens with two attached hydrogens (primary N) is 1. The molecule has 108 valence electrons. The number of benzene rings is 1. The van der Waals surface area contributed by atoms with Crippen molar-refractivity contribution in [3.8, 4) is 0 Å². The molecule has 1 aromatic carbocycles. The number of rotatable bonds is 4. The Morgan fingerprint density at radius 2 is 2.00 bits per heavy atom. The van der Waals surface area contributed by atoms with Crippen molar-refractivity contribution in [2.24, 2.45) is 0 Å². The van der Waals surface area contributed by atoms with Crippen LogP contribution in [0.4, 0.5) is 24.5 Å². The van der Waals surface area contributed by atoms with Gasteiger partial charge in [0.05, 0.1) is 28.6 Å². The fraction of sp³-hybridized carbons (Fsp3) is 0.500. The molecule has 0 amide bonds. The average molecular weight is 297 g/mol. The molecule has 0 saturated heterocycles. The highest BCUT2D eigenvalue weighted by Gasteiger charge is 2.37. The van der Waals surface area contributed by atoms with E-state index >= 15 is 0 Å². The first-order valence-corrected chi connectivity index (χ1v) is 6.13. The Hall–Kier alpha value is -1.14. The zero-order valence-electron chi connectivity index (χ0n) is 10.7. The van der Waals surface area contributed by atoms with Gasteiger partial charge in [0.25, 0.3) is 0 Å². The number of likely N-dealkylation sites (N-methyl/N-ethyl adjacent to an activating group) is 1. The van der Waals surface area contributed by atoms with Crippen molar-refractivity contribution in [1.82, 2.24) is 0 Å². The largest absolute Gasteiger partial charge is 0.418 e. The van der Waals surface area contributed by atoms with Crippen LogP contribution in [0.15, 0.2) is 6.07 Å². The van der Waals surface area contributed by atoms with Crippen LogP contribution in [-0.4, -0.2) is 24.8 Å². The quantitative estimate of drug-likeness (QED) is 0.840. The van der Waals surface area contributed by atoms with Crippen molar-refractivity contribution < 1.29 is 18.3 Å². The van der Waals surface area contributed by atoms with E-state index in [-0.39, 0.29) is 35.1 Å². The normalized spacial score (nSPS) is 11.7. The number of aliphatic hydroxyl groups excluding tert-OH is 1. The molecule has 0 saturated carbocycles. The lowest BCUT2D eigenvalue weighted by Crippen LogP contribution is -2.29. The minimum absolute atomic E-state index is 0.0549. The third-order valence-corrected chi connectivity index (χ3v) is 3.24. The summed E-state index contributed by atoms with van der Waals surface area (Å²) in [5, 5.41) is 9.02. The van der Waals surface area contributed by atoms with Gasteiger partial charge in [-0.25, -0.2) is 0 Å². The van der Waals surface area contributed by atoms with E-state index in [1.807, 2.05) is 0 Å². The standard InChI is InChI=1S/C12H16ClF3N2O/c1-3-18(4-5-19)9-6-8(13)11(17)7(2)10(9)12(14,15)16/h6,19H,3-5,17H2,1-2H3. The molecule has 19 heavy (non-hydrogen) atoms. The number of nitrogen functional groups attached to an aromatic ring is 1. The highest BCUT2D eigenvalue weighted by molar-refractivity contribution is 6.33. The first kappa shape index (κ1) is 15.9. The van der Waals surface area contributed by atoms with Crippen LogP contribution in [0.5, 0.6) is 0 Å². The zero-order valence-corrected chi connectivity index (χ0v) is 11.4. The molecule has 0 bridgehead atoms. The van der Waals surface area contributed by atoms with Crippen LogP contribution in [0.2, 0.25) is 5.02 Å². The van der Waals surface area contributed by atoms with Gasteiger partial charge in [-0.05, 0) is 25.5 Å². The summed E-state index contributed by atoms with van der Waals surface area (Å²) in [7, 11) is 0. The molecule has 0 aliphatic heterocycles. The Morgan fingerprint density at radius 3 is 2.42 bits per heavy atom. The third-order valence-electron chi connectivity index (χ3n) is 2.93. The second-order valence-electron chi connectivity index (χ2n) is 4.09. The number of alkyl halides is 3. The Labute approximate surface area is 114 Å². The van der Waals surface area contributed by atoms with E-state index in [0.717, 1.165) is 0 Å². The maximum absolute atomic E-state index is 13.2. The van der Waals surface area contributed by atoms with E-state index < -0.39 is 11.7 Å². The molecule has 1 aromatic rings. The highest BCUT2D eigenvalue weighted by atomic mass is 35.5. The van der Waals surface area contributed by atoms with E-state index in [1.165, 1.54) is 17.9 Å². The topological polar surface area (TPSA) is 49.5 Å². The van der Waals surface area contributed by atoms with Gasteiger partial charge in [0, 0.05) is 13.1 Å². The van der Waals surface area contributed by atoms with Crippen molar-refractivity contribution >= 4 is 23.0 Å². The Balaban J connectivity index is 3.53. The lowest BCUT2D eigenvalue weighted by atomic mass is 10.0. The first-order chi connectivity index (χ1) is 8.73. The van der Waals surface area contributed by atoms with E-state index in [1.54, 1.807) is 6.92 Å². The van der Waals surface area contributed by atoms with Crippen LogP contribution in [0.1, 0.15) is 18.1 Å². The van der Waals surface area contributed by atoms with Gasteiger partial charge < -0.3 is 15.7 Å². The molecular weight excluding hydrogens is 281 g/mol. The van der Waals surface area contributed by atoms with Crippen LogP contribution >= 0.6 is 11.6 Å². The van der Waals surface area contributed by atoms with Gasteiger partial charge in [0.1, 0.15) is 0 Å². The lowest BCUT2D eigenvalue weighted by molar-refractivity contribution is -0.137. The number of anilines is 2. The Bertz CT molecular complexity index is 463. The maximum atomic E-state index is 13.2. The highest BCUT2D eigenvalue weighted by Crippen LogP contribution is 2.43. The minimum atomic E-state index is -4.53. The molecule has 0 unspecified atom stereocenters. The summed E-state index contributed by atoms with van der Waals surface area (Å²) >= 11 is 5.86. The zero-order chi connectivity index (χ0) is 14.8. The Morgan fingerprint density at radius 1 is 1.42 bits per heavy atom. The van der Waals surface area contributed by atoms with Gasteiger partial charge in [-0.15, -0.1) is 0 Å². The van der Waals surface area contributed by atoms with Crippen molar-refractivity contribution in [1.29, 1.82) is 0 Å². The number of hydrogen-bond acceptors (Lipinski definition) is 3. The van der Waals surface area contributed by atoms with Crippen LogP contribution in [0.3, 0.4) is 0 Å². The molecule has 0 aliphatic carbocycles. The van der Waals surface area contributed by atoms with E-state index in [4.69, 9.17) is 22.4 Å². The summed E-state index contributed by atoms with van der Waals surface area (Å²) in [5.74, 6) is 0. The average Bonchev–Trinajstić information content (AvgIpc) is 2.30. The molecule has 3 N–H and O–H groups in total. The van der Waals surface area contributed by atoms with Crippen LogP contribution in [0, 0.1) is 6.92 Å².